The van der Waals surface area contributed by atoms with Crippen molar-refractivity contribution in [2.24, 2.45) is 0 Å². The number of nitrogens with one attached hydrogen (secondary N) is 1. The van der Waals surface area contributed by atoms with Crippen LogP contribution in [0.25, 0.3) is 5.52 Å². The second kappa shape index (κ2) is 5.09. The highest BCUT2D eigenvalue weighted by Crippen LogP contribution is 2.15. The van der Waals surface area contributed by atoms with Crippen LogP contribution < -0.4 is 5.32 Å². The fraction of sp³-hybridized carbons (Fsp3) is 0.308. The van der Waals surface area contributed by atoms with E-state index in [1.54, 1.807) is 30.6 Å². The van der Waals surface area contributed by atoms with Gasteiger partial charge in [0.15, 0.2) is 0 Å². The lowest BCUT2D eigenvalue weighted by Gasteiger charge is -2.11. The van der Waals surface area contributed by atoms with Gasteiger partial charge in [0, 0.05) is 12.2 Å². The van der Waals surface area contributed by atoms with E-state index >= 15 is 0 Å². The summed E-state index contributed by atoms with van der Waals surface area (Å²) < 4.78 is 1.63. The zero-order chi connectivity index (χ0) is 14.0. The number of carboxylic acids is 1. The second-order valence-electron chi connectivity index (χ2n) is 4.46. The van der Waals surface area contributed by atoms with E-state index in [4.69, 9.17) is 5.11 Å². The van der Waals surface area contributed by atoms with Crippen LogP contribution in [0, 0.1) is 6.92 Å². The average molecular weight is 261 g/mol. The Morgan fingerprint density at radius 2 is 2.21 bits per heavy atom. The maximum atomic E-state index is 12.2. The van der Waals surface area contributed by atoms with Crippen LogP contribution in [0.4, 0.5) is 0 Å². The third-order valence-corrected chi connectivity index (χ3v) is 2.80. The van der Waals surface area contributed by atoms with E-state index in [-0.39, 0.29) is 12.3 Å². The molecule has 0 radical (unpaired) electrons. The number of carboxylic acid groups (broad SMARTS) is 1. The summed E-state index contributed by atoms with van der Waals surface area (Å²) in [5.41, 5.74) is 1.81. The molecule has 0 aromatic carbocycles. The van der Waals surface area contributed by atoms with Gasteiger partial charge in [-0.2, -0.15) is 5.10 Å². The fourth-order valence-electron chi connectivity index (χ4n) is 2.01. The molecule has 2 N–H and O–H groups in total. The summed E-state index contributed by atoms with van der Waals surface area (Å²) in [6.45, 7) is 3.41. The van der Waals surface area contributed by atoms with E-state index in [1.165, 1.54) is 0 Å². The smallest absolute Gasteiger partial charge is 0.305 e. The van der Waals surface area contributed by atoms with Gasteiger partial charge in [0.2, 0.25) is 0 Å². The van der Waals surface area contributed by atoms with Gasteiger partial charge in [-0.3, -0.25) is 9.59 Å². The third-order valence-electron chi connectivity index (χ3n) is 2.80. The van der Waals surface area contributed by atoms with Gasteiger partial charge >= 0.3 is 5.97 Å². The number of hydrogen-bond donors (Lipinski definition) is 2. The summed E-state index contributed by atoms with van der Waals surface area (Å²) in [5.74, 6) is -1.24. The van der Waals surface area contributed by atoms with Crippen molar-refractivity contribution in [3.63, 3.8) is 0 Å². The maximum Gasteiger partial charge on any atom is 0.305 e. The molecule has 0 unspecified atom stereocenters. The molecule has 0 fully saturated rings. The van der Waals surface area contributed by atoms with Crippen molar-refractivity contribution in [3.05, 3.63) is 35.7 Å². The zero-order valence-electron chi connectivity index (χ0n) is 10.8. The molecule has 2 aromatic rings. The van der Waals surface area contributed by atoms with Crippen molar-refractivity contribution < 1.29 is 14.7 Å². The number of aryl methyl sites for hydroxylation is 1. The molecule has 0 spiro atoms. The highest BCUT2D eigenvalue weighted by atomic mass is 16.4. The van der Waals surface area contributed by atoms with Crippen molar-refractivity contribution in [1.29, 1.82) is 0 Å². The topological polar surface area (TPSA) is 83.7 Å². The number of aliphatic carboxylic acids is 1. The SMILES string of the molecule is Cc1nn2ccccc2c1C(=O)N[C@H](C)CC(=O)O. The number of rotatable bonds is 4. The molecule has 100 valence electrons. The van der Waals surface area contributed by atoms with E-state index in [1.807, 2.05) is 12.1 Å². The number of carbonyl (C=O) groups excluding carboxylic acids is 1. The van der Waals surface area contributed by atoms with E-state index in [9.17, 15) is 9.59 Å². The predicted octanol–water partition coefficient (Wildman–Crippen LogP) is 1.24. The minimum atomic E-state index is -0.940. The average Bonchev–Trinajstić information content (AvgIpc) is 2.63. The van der Waals surface area contributed by atoms with Crippen LogP contribution in [-0.2, 0) is 4.79 Å². The van der Waals surface area contributed by atoms with Crippen LogP contribution in [0.5, 0.6) is 0 Å². The zero-order valence-corrected chi connectivity index (χ0v) is 10.8. The first-order valence-electron chi connectivity index (χ1n) is 5.95. The molecule has 6 nitrogen and oxygen atoms in total. The van der Waals surface area contributed by atoms with Gasteiger partial charge in [-0.1, -0.05) is 6.07 Å². The number of nitrogens with zero attached hydrogens (tertiary/aromatic N) is 2. The van der Waals surface area contributed by atoms with E-state index in [2.05, 4.69) is 10.4 Å². The standard InChI is InChI=1S/C13H15N3O3/c1-8(7-11(17)18)14-13(19)12-9(2)15-16-6-4-3-5-10(12)16/h3-6,8H,7H2,1-2H3,(H,14,19)(H,17,18)/t8-/m1/s1. The Morgan fingerprint density at radius 3 is 2.89 bits per heavy atom. The summed E-state index contributed by atoms with van der Waals surface area (Å²) in [5, 5.41) is 15.6. The first kappa shape index (κ1) is 13.1. The molecule has 19 heavy (non-hydrogen) atoms. The van der Waals surface area contributed by atoms with Crippen LogP contribution in [0.1, 0.15) is 29.4 Å². The van der Waals surface area contributed by atoms with Gasteiger partial charge in [-0.25, -0.2) is 4.52 Å². The predicted molar refractivity (Wildman–Crippen MR) is 69.1 cm³/mol. The van der Waals surface area contributed by atoms with Crippen LogP contribution in [0.15, 0.2) is 24.4 Å². The summed E-state index contributed by atoms with van der Waals surface area (Å²) >= 11 is 0. The summed E-state index contributed by atoms with van der Waals surface area (Å²) in [4.78, 5) is 22.8. The van der Waals surface area contributed by atoms with Crippen LogP contribution in [-0.4, -0.2) is 32.6 Å². The number of fused-ring (bicyclic) bond motifs is 1. The number of hydrogen-bond acceptors (Lipinski definition) is 3. The molecule has 6 heteroatoms. The molecule has 0 bridgehead atoms. The van der Waals surface area contributed by atoms with Crippen molar-refractivity contribution in [2.45, 2.75) is 26.3 Å². The molecule has 0 aliphatic carbocycles. The second-order valence-corrected chi connectivity index (χ2v) is 4.46. The van der Waals surface area contributed by atoms with Crippen molar-refractivity contribution in [1.82, 2.24) is 14.9 Å². The van der Waals surface area contributed by atoms with Crippen molar-refractivity contribution >= 4 is 17.4 Å². The molecule has 0 saturated carbocycles. The Balaban J connectivity index is 2.26. The largest absolute Gasteiger partial charge is 0.481 e. The van der Waals surface area contributed by atoms with E-state index < -0.39 is 12.0 Å². The molecule has 1 atom stereocenters. The molecular weight excluding hydrogens is 246 g/mol. The molecule has 0 aliphatic heterocycles. The number of carbonyl (C=O) groups is 2. The van der Waals surface area contributed by atoms with Gasteiger partial charge in [-0.05, 0) is 26.0 Å². The Bertz CT molecular complexity index is 633. The highest BCUT2D eigenvalue weighted by Gasteiger charge is 2.19. The number of pyridine rings is 1. The lowest BCUT2D eigenvalue weighted by Crippen LogP contribution is -2.34. The Morgan fingerprint density at radius 1 is 1.47 bits per heavy atom. The quantitative estimate of drug-likeness (QED) is 0.867. The lowest BCUT2D eigenvalue weighted by atomic mass is 10.1. The first-order valence-corrected chi connectivity index (χ1v) is 5.95. The molecular formula is C13H15N3O3. The molecule has 2 rings (SSSR count). The van der Waals surface area contributed by atoms with Crippen molar-refractivity contribution in [3.8, 4) is 0 Å². The number of amides is 1. The van der Waals surface area contributed by atoms with Crippen molar-refractivity contribution in [2.75, 3.05) is 0 Å². The number of aromatic nitrogens is 2. The Labute approximate surface area is 110 Å². The van der Waals surface area contributed by atoms with Gasteiger partial charge in [0.25, 0.3) is 5.91 Å². The maximum absolute atomic E-state index is 12.2. The minimum absolute atomic E-state index is 0.107. The van der Waals surface area contributed by atoms with Gasteiger partial charge in [0.05, 0.1) is 23.2 Å². The lowest BCUT2D eigenvalue weighted by molar-refractivity contribution is -0.137. The molecule has 2 aromatic heterocycles. The van der Waals surface area contributed by atoms with Crippen LogP contribution >= 0.6 is 0 Å². The summed E-state index contributed by atoms with van der Waals surface area (Å²) in [7, 11) is 0. The van der Waals surface area contributed by atoms with Crippen LogP contribution in [0.3, 0.4) is 0 Å². The molecule has 0 saturated heterocycles. The molecule has 1 amide bonds. The Kier molecular flexibility index (Phi) is 3.50. The van der Waals surface area contributed by atoms with Crippen LogP contribution in [0.2, 0.25) is 0 Å². The van der Waals surface area contributed by atoms with E-state index in [0.717, 1.165) is 0 Å². The first-order chi connectivity index (χ1) is 8.99. The third kappa shape index (κ3) is 2.73. The van der Waals surface area contributed by atoms with Gasteiger partial charge in [0.1, 0.15) is 0 Å². The normalized spacial score (nSPS) is 12.3. The van der Waals surface area contributed by atoms with Gasteiger partial charge < -0.3 is 10.4 Å². The summed E-state index contributed by atoms with van der Waals surface area (Å²) in [6.07, 6.45) is 1.66. The minimum Gasteiger partial charge on any atom is -0.481 e. The molecule has 2 heterocycles. The molecule has 0 aliphatic rings. The fourth-order valence-corrected chi connectivity index (χ4v) is 2.01. The summed E-state index contributed by atoms with van der Waals surface area (Å²) in [6, 6.07) is 5.03. The van der Waals surface area contributed by atoms with Gasteiger partial charge in [-0.15, -0.1) is 0 Å². The monoisotopic (exact) mass is 261 g/mol. The Hall–Kier alpha value is -2.37. The van der Waals surface area contributed by atoms with E-state index in [0.29, 0.717) is 16.8 Å². The highest BCUT2D eigenvalue weighted by molar-refractivity contribution is 6.02.